The largest absolute Gasteiger partial charge is 0.382 e. The Hall–Kier alpha value is -1.41. The van der Waals surface area contributed by atoms with Gasteiger partial charge in [0.05, 0.1) is 12.6 Å². The van der Waals surface area contributed by atoms with E-state index in [-0.39, 0.29) is 18.5 Å². The highest BCUT2D eigenvalue weighted by Crippen LogP contribution is 2.29. The van der Waals surface area contributed by atoms with Crippen molar-refractivity contribution in [1.29, 1.82) is 5.39 Å². The molecule has 1 aliphatic heterocycles. The van der Waals surface area contributed by atoms with E-state index < -0.39 is 5.72 Å². The van der Waals surface area contributed by atoms with Crippen LogP contribution in [-0.2, 0) is 9.53 Å². The van der Waals surface area contributed by atoms with Gasteiger partial charge in [-0.2, -0.15) is 0 Å². The van der Waals surface area contributed by atoms with Crippen molar-refractivity contribution in [3.05, 3.63) is 17.6 Å². The minimum absolute atomic E-state index is 0.00764. The van der Waals surface area contributed by atoms with Gasteiger partial charge in [0.25, 0.3) is 0 Å². The lowest BCUT2D eigenvalue weighted by atomic mass is 10.1. The molecule has 1 aliphatic rings. The van der Waals surface area contributed by atoms with Crippen molar-refractivity contribution in [2.24, 2.45) is 0 Å². The molecule has 0 unspecified atom stereocenters. The van der Waals surface area contributed by atoms with Gasteiger partial charge in [-0.05, 0) is 20.3 Å². The molecule has 0 N–H and O–H groups in total. The number of hydrogen-bond donors (Lipinski definition) is 0. The van der Waals surface area contributed by atoms with E-state index in [1.165, 1.54) is 0 Å². The molecule has 1 amide bonds. The van der Waals surface area contributed by atoms with Crippen molar-refractivity contribution < 1.29 is 9.53 Å². The highest BCUT2D eigenvalue weighted by molar-refractivity contribution is 5.80. The molecule has 0 aromatic rings. The second-order valence-electron chi connectivity index (χ2n) is 4.00. The van der Waals surface area contributed by atoms with Crippen molar-refractivity contribution in [1.82, 2.24) is 4.90 Å². The van der Waals surface area contributed by atoms with E-state index in [0.717, 1.165) is 0 Å². The van der Waals surface area contributed by atoms with Crippen LogP contribution >= 0.6 is 0 Å². The van der Waals surface area contributed by atoms with Crippen molar-refractivity contribution in [3.8, 4) is 0 Å². The van der Waals surface area contributed by atoms with Crippen LogP contribution in [0.1, 0.15) is 20.3 Å². The summed E-state index contributed by atoms with van der Waals surface area (Å²) in [7, 11) is 0. The Labute approximate surface area is 89.3 Å². The molecule has 1 saturated heterocycles. The van der Waals surface area contributed by atoms with Crippen molar-refractivity contribution >= 4 is 5.91 Å². The molecule has 0 saturated carbocycles. The topological polar surface area (TPSA) is 57.7 Å². The van der Waals surface area contributed by atoms with Crippen LogP contribution in [0, 0.1) is 5.39 Å². The molecule has 0 spiro atoms. The number of hydrogen-bond acceptors (Lipinski definition) is 3. The maximum Gasteiger partial charge on any atom is 0.382 e. The zero-order valence-corrected chi connectivity index (χ0v) is 9.14. The number of carbonyl (C=O) groups is 1. The number of amides is 1. The Morgan fingerprint density at radius 2 is 2.47 bits per heavy atom. The first-order chi connectivity index (χ1) is 7.03. The van der Waals surface area contributed by atoms with Crippen LogP contribution < -0.4 is 0 Å². The summed E-state index contributed by atoms with van der Waals surface area (Å²) in [5.74, 6) is -0.230. The zero-order chi connectivity index (χ0) is 11.5. The average Bonchev–Trinajstić information content (AvgIpc) is 2.43. The first-order valence-corrected chi connectivity index (χ1v) is 4.91. The van der Waals surface area contributed by atoms with Gasteiger partial charge in [0.1, 0.15) is 10.7 Å². The molecule has 0 aromatic carbocycles. The lowest BCUT2D eigenvalue weighted by Crippen LogP contribution is -2.48. The third-order valence-corrected chi connectivity index (χ3v) is 2.49. The normalized spacial score (nSPS) is 23.5. The number of diazo groups is 1. The first kappa shape index (κ1) is 11.7. The van der Waals surface area contributed by atoms with Crippen LogP contribution in [-0.4, -0.2) is 35.7 Å². The summed E-state index contributed by atoms with van der Waals surface area (Å²) in [4.78, 5) is 16.2. The summed E-state index contributed by atoms with van der Waals surface area (Å²) in [6, 6.07) is -0.00764. The van der Waals surface area contributed by atoms with Gasteiger partial charge in [-0.15, -0.1) is 6.58 Å². The number of ether oxygens (including phenoxy) is 1. The Balaban J connectivity index is 2.82. The van der Waals surface area contributed by atoms with Gasteiger partial charge in [-0.3, -0.25) is 4.79 Å². The van der Waals surface area contributed by atoms with Crippen LogP contribution in [0.5, 0.6) is 0 Å². The van der Waals surface area contributed by atoms with Crippen molar-refractivity contribution in [3.63, 3.8) is 0 Å². The number of carbonyl (C=O) groups excluding carboxylic acids is 1. The van der Waals surface area contributed by atoms with E-state index >= 15 is 0 Å². The van der Waals surface area contributed by atoms with Crippen LogP contribution in [0.15, 0.2) is 12.7 Å². The van der Waals surface area contributed by atoms with Gasteiger partial charge in [-0.25, -0.2) is 0 Å². The summed E-state index contributed by atoms with van der Waals surface area (Å²) in [5.41, 5.74) is -0.630. The summed E-state index contributed by atoms with van der Waals surface area (Å²) in [6.45, 7) is 7.57. The van der Waals surface area contributed by atoms with Crippen LogP contribution in [0.25, 0.3) is 4.98 Å². The van der Waals surface area contributed by atoms with E-state index in [9.17, 15) is 4.79 Å². The Morgan fingerprint density at radius 1 is 1.80 bits per heavy atom. The molecular weight excluding hydrogens is 194 g/mol. The molecule has 15 heavy (non-hydrogen) atoms. The second-order valence-corrected chi connectivity index (χ2v) is 4.00. The summed E-state index contributed by atoms with van der Waals surface area (Å²) < 4.78 is 5.52. The first-order valence-electron chi connectivity index (χ1n) is 4.91. The molecule has 0 radical (unpaired) electrons. The Morgan fingerprint density at radius 3 is 3.00 bits per heavy atom. The fourth-order valence-electron chi connectivity index (χ4n) is 1.89. The SMILES string of the molecule is C=CC[C@H]1COC(C)(C)N1C(=O)C[N+]#N. The van der Waals surface area contributed by atoms with Crippen molar-refractivity contribution in [2.75, 3.05) is 13.2 Å². The second kappa shape index (κ2) is 4.41. The van der Waals surface area contributed by atoms with Crippen LogP contribution in [0.4, 0.5) is 0 Å². The zero-order valence-electron chi connectivity index (χ0n) is 9.14. The van der Waals surface area contributed by atoms with E-state index in [1.807, 2.05) is 13.8 Å². The molecule has 82 valence electrons. The predicted molar refractivity (Wildman–Crippen MR) is 55.4 cm³/mol. The lowest BCUT2D eigenvalue weighted by molar-refractivity contribution is -0.143. The molecule has 1 rings (SSSR count). The molecule has 1 atom stereocenters. The van der Waals surface area contributed by atoms with Crippen molar-refractivity contribution in [2.45, 2.75) is 32.0 Å². The number of nitrogens with zero attached hydrogens (tertiary/aromatic N) is 3. The van der Waals surface area contributed by atoms with Crippen LogP contribution in [0.3, 0.4) is 0 Å². The summed E-state index contributed by atoms with van der Waals surface area (Å²) in [6.07, 6.45) is 2.44. The van der Waals surface area contributed by atoms with E-state index in [1.54, 1.807) is 11.0 Å². The Kier molecular flexibility index (Phi) is 3.43. The Bertz CT molecular complexity index is 306. The van der Waals surface area contributed by atoms with Gasteiger partial charge < -0.3 is 9.64 Å². The van der Waals surface area contributed by atoms with Gasteiger partial charge >= 0.3 is 12.5 Å². The summed E-state index contributed by atoms with van der Waals surface area (Å²) in [5, 5.41) is 8.40. The molecule has 0 aliphatic carbocycles. The average molecular weight is 210 g/mol. The lowest BCUT2D eigenvalue weighted by Gasteiger charge is -2.31. The minimum Gasteiger partial charge on any atom is -0.354 e. The van der Waals surface area contributed by atoms with Gasteiger partial charge in [0, 0.05) is 0 Å². The quantitative estimate of drug-likeness (QED) is 0.522. The highest BCUT2D eigenvalue weighted by Gasteiger charge is 2.44. The standard InChI is InChI=1S/C10H16N3O2/c1-4-5-8-7-15-10(2,3)13(8)9(14)6-12-11/h4,8H,1,5-7H2,2-3H3/q+1/t8-/m0/s1. The van der Waals surface area contributed by atoms with E-state index in [2.05, 4.69) is 11.6 Å². The minimum atomic E-state index is -0.630. The van der Waals surface area contributed by atoms with Gasteiger partial charge in [-0.1, -0.05) is 6.08 Å². The fraction of sp³-hybridized carbons (Fsp3) is 0.700. The fourth-order valence-corrected chi connectivity index (χ4v) is 1.89. The van der Waals surface area contributed by atoms with E-state index in [4.69, 9.17) is 10.1 Å². The third-order valence-electron chi connectivity index (χ3n) is 2.49. The predicted octanol–water partition coefficient (Wildman–Crippen LogP) is 1.38. The third kappa shape index (κ3) is 2.34. The van der Waals surface area contributed by atoms with Crippen LogP contribution in [0.2, 0.25) is 0 Å². The molecule has 1 fully saturated rings. The molecule has 5 nitrogen and oxygen atoms in total. The summed E-state index contributed by atoms with van der Waals surface area (Å²) >= 11 is 0. The smallest absolute Gasteiger partial charge is 0.354 e. The van der Waals surface area contributed by atoms with E-state index in [0.29, 0.717) is 13.0 Å². The molecular formula is C10H16N3O2+. The molecule has 5 heteroatoms. The number of rotatable bonds is 3. The van der Waals surface area contributed by atoms with Gasteiger partial charge in [0.15, 0.2) is 0 Å². The maximum absolute atomic E-state index is 11.7. The molecule has 0 aromatic heterocycles. The molecule has 1 heterocycles. The van der Waals surface area contributed by atoms with Gasteiger partial charge in [0.2, 0.25) is 5.39 Å². The monoisotopic (exact) mass is 210 g/mol. The maximum atomic E-state index is 11.7. The molecule has 0 bridgehead atoms. The highest BCUT2D eigenvalue weighted by atomic mass is 16.5.